The quantitative estimate of drug-likeness (QED) is 0.640. The first-order chi connectivity index (χ1) is 4.72. The predicted molar refractivity (Wildman–Crippen MR) is 44.1 cm³/mol. The molecule has 0 bridgehead atoms. The molecule has 2 nitrogen and oxygen atoms in total. The Bertz CT molecular complexity index is 141. The summed E-state index contributed by atoms with van der Waals surface area (Å²) >= 11 is 1.39. The molecule has 0 atom stereocenters. The van der Waals surface area contributed by atoms with E-state index in [9.17, 15) is 4.79 Å². The minimum Gasteiger partial charge on any atom is -0.477 e. The third-order valence-corrected chi connectivity index (χ3v) is 2.27. The summed E-state index contributed by atoms with van der Waals surface area (Å²) in [5.74, 6) is 0.0624. The van der Waals surface area contributed by atoms with E-state index in [2.05, 4.69) is 0 Å². The normalized spacial score (nSPS) is 11.6. The Morgan fingerprint density at radius 1 is 1.70 bits per heavy atom. The minimum atomic E-state index is -0.819. The molecule has 0 aromatic carbocycles. The van der Waals surface area contributed by atoms with E-state index >= 15 is 0 Å². The van der Waals surface area contributed by atoms with E-state index in [4.69, 9.17) is 5.11 Å². The summed E-state index contributed by atoms with van der Waals surface area (Å²) in [6, 6.07) is 0. The first-order valence-corrected chi connectivity index (χ1v) is 4.23. The van der Waals surface area contributed by atoms with Gasteiger partial charge in [-0.1, -0.05) is 13.0 Å². The Kier molecular flexibility index (Phi) is 5.12. The number of carboxylic acids is 1. The van der Waals surface area contributed by atoms with Gasteiger partial charge in [-0.05, 0) is 19.1 Å². The van der Waals surface area contributed by atoms with E-state index in [1.807, 2.05) is 6.92 Å². The number of hydrogen-bond acceptors (Lipinski definition) is 2. The third-order valence-electron chi connectivity index (χ3n) is 0.935. The number of rotatable bonds is 4. The highest BCUT2D eigenvalue weighted by molar-refractivity contribution is 8.03. The zero-order valence-corrected chi connectivity index (χ0v) is 7.07. The zero-order chi connectivity index (χ0) is 7.98. The van der Waals surface area contributed by atoms with Gasteiger partial charge in [-0.25, -0.2) is 4.79 Å². The Labute approximate surface area is 65.3 Å². The maximum Gasteiger partial charge on any atom is 0.341 e. The molecule has 0 aromatic rings. The van der Waals surface area contributed by atoms with Gasteiger partial charge >= 0.3 is 5.97 Å². The molecular weight excluding hydrogens is 148 g/mol. The Balaban J connectivity index is 3.74. The van der Waals surface area contributed by atoms with Crippen LogP contribution in [0.4, 0.5) is 0 Å². The van der Waals surface area contributed by atoms with Crippen molar-refractivity contribution >= 4 is 17.7 Å². The average Bonchev–Trinajstić information content (AvgIpc) is 1.89. The molecule has 10 heavy (non-hydrogen) atoms. The molecule has 0 heterocycles. The zero-order valence-electron chi connectivity index (χ0n) is 6.26. The molecule has 0 unspecified atom stereocenters. The van der Waals surface area contributed by atoms with E-state index in [1.165, 1.54) is 11.8 Å². The van der Waals surface area contributed by atoms with E-state index < -0.39 is 5.97 Å². The van der Waals surface area contributed by atoms with Gasteiger partial charge in [0.15, 0.2) is 0 Å². The molecule has 3 heteroatoms. The summed E-state index contributed by atoms with van der Waals surface area (Å²) < 4.78 is 0. The van der Waals surface area contributed by atoms with Crippen LogP contribution in [0.15, 0.2) is 11.0 Å². The van der Waals surface area contributed by atoms with Crippen LogP contribution in [0.1, 0.15) is 20.3 Å². The van der Waals surface area contributed by atoms with Gasteiger partial charge in [-0.15, -0.1) is 11.8 Å². The Hall–Kier alpha value is -0.440. The van der Waals surface area contributed by atoms with Gasteiger partial charge in [-0.2, -0.15) is 0 Å². The second-order valence-electron chi connectivity index (χ2n) is 1.81. The molecule has 0 saturated heterocycles. The molecule has 0 fully saturated rings. The van der Waals surface area contributed by atoms with Crippen molar-refractivity contribution in [3.8, 4) is 0 Å². The number of thioether (sulfide) groups is 1. The predicted octanol–water partition coefficient (Wildman–Crippen LogP) is 2.12. The van der Waals surface area contributed by atoms with Crippen molar-refractivity contribution in [2.75, 3.05) is 5.75 Å². The van der Waals surface area contributed by atoms with Gasteiger partial charge in [0.25, 0.3) is 0 Å². The van der Waals surface area contributed by atoms with Crippen LogP contribution in [-0.2, 0) is 4.79 Å². The van der Waals surface area contributed by atoms with Crippen LogP contribution in [0.2, 0.25) is 0 Å². The lowest BCUT2D eigenvalue weighted by atomic mass is 10.5. The molecule has 0 radical (unpaired) electrons. The topological polar surface area (TPSA) is 37.3 Å². The Morgan fingerprint density at radius 2 is 2.30 bits per heavy atom. The van der Waals surface area contributed by atoms with E-state index in [0.29, 0.717) is 4.91 Å². The number of hydrogen-bond donors (Lipinski definition) is 1. The lowest BCUT2D eigenvalue weighted by molar-refractivity contribution is -0.131. The summed E-state index contributed by atoms with van der Waals surface area (Å²) in [6.45, 7) is 3.77. The van der Waals surface area contributed by atoms with Gasteiger partial charge in [0, 0.05) is 0 Å². The van der Waals surface area contributed by atoms with Crippen LogP contribution in [-0.4, -0.2) is 16.8 Å². The maximum atomic E-state index is 10.3. The first kappa shape index (κ1) is 9.56. The smallest absolute Gasteiger partial charge is 0.341 e. The van der Waals surface area contributed by atoms with Gasteiger partial charge in [-0.3, -0.25) is 0 Å². The molecule has 0 rings (SSSR count). The molecule has 58 valence electrons. The minimum absolute atomic E-state index is 0.446. The van der Waals surface area contributed by atoms with Crippen molar-refractivity contribution in [2.45, 2.75) is 20.3 Å². The second kappa shape index (κ2) is 5.35. The van der Waals surface area contributed by atoms with Gasteiger partial charge < -0.3 is 5.11 Å². The molecule has 0 aliphatic rings. The van der Waals surface area contributed by atoms with Gasteiger partial charge in [0.1, 0.15) is 0 Å². The SMILES string of the molecule is C/C=C(/SCCC)C(=O)O. The summed E-state index contributed by atoms with van der Waals surface area (Å²) in [4.78, 5) is 10.8. The van der Waals surface area contributed by atoms with Crippen LogP contribution in [0, 0.1) is 0 Å². The third kappa shape index (κ3) is 3.56. The molecule has 1 N–H and O–H groups in total. The summed E-state index contributed by atoms with van der Waals surface area (Å²) in [5, 5.41) is 8.51. The fourth-order valence-electron chi connectivity index (χ4n) is 0.481. The number of carboxylic acid groups (broad SMARTS) is 1. The monoisotopic (exact) mass is 160 g/mol. The fourth-order valence-corrected chi connectivity index (χ4v) is 1.19. The fraction of sp³-hybridized carbons (Fsp3) is 0.571. The van der Waals surface area contributed by atoms with Crippen molar-refractivity contribution in [1.29, 1.82) is 0 Å². The lowest BCUT2D eigenvalue weighted by Crippen LogP contribution is -1.96. The highest BCUT2D eigenvalue weighted by Crippen LogP contribution is 2.15. The molecular formula is C7H12O2S. The summed E-state index contributed by atoms with van der Waals surface area (Å²) in [7, 11) is 0. The Morgan fingerprint density at radius 3 is 2.60 bits per heavy atom. The first-order valence-electron chi connectivity index (χ1n) is 3.24. The molecule has 0 saturated carbocycles. The number of aliphatic carboxylic acids is 1. The van der Waals surface area contributed by atoms with E-state index in [0.717, 1.165) is 12.2 Å². The average molecular weight is 160 g/mol. The van der Waals surface area contributed by atoms with Crippen molar-refractivity contribution in [2.24, 2.45) is 0 Å². The second-order valence-corrected chi connectivity index (χ2v) is 2.94. The summed E-state index contributed by atoms with van der Waals surface area (Å²) in [6.07, 6.45) is 2.64. The van der Waals surface area contributed by atoms with Crippen LogP contribution in [0.25, 0.3) is 0 Å². The van der Waals surface area contributed by atoms with Crippen LogP contribution >= 0.6 is 11.8 Å². The van der Waals surface area contributed by atoms with Gasteiger partial charge in [0.05, 0.1) is 4.91 Å². The van der Waals surface area contributed by atoms with Crippen molar-refractivity contribution in [3.63, 3.8) is 0 Å². The maximum absolute atomic E-state index is 10.3. The standard InChI is InChI=1S/C7H12O2S/c1-3-5-10-6(4-2)7(8)9/h4H,3,5H2,1-2H3,(H,8,9)/b6-4+. The van der Waals surface area contributed by atoms with Crippen molar-refractivity contribution in [1.82, 2.24) is 0 Å². The molecule has 0 spiro atoms. The molecule has 0 aliphatic carbocycles. The highest BCUT2D eigenvalue weighted by atomic mass is 32.2. The largest absolute Gasteiger partial charge is 0.477 e. The van der Waals surface area contributed by atoms with Crippen molar-refractivity contribution < 1.29 is 9.90 Å². The van der Waals surface area contributed by atoms with E-state index in [1.54, 1.807) is 13.0 Å². The highest BCUT2D eigenvalue weighted by Gasteiger charge is 2.03. The van der Waals surface area contributed by atoms with Crippen LogP contribution < -0.4 is 0 Å². The van der Waals surface area contributed by atoms with Crippen molar-refractivity contribution in [3.05, 3.63) is 11.0 Å². The van der Waals surface area contributed by atoms with Gasteiger partial charge in [0.2, 0.25) is 0 Å². The van der Waals surface area contributed by atoms with Crippen LogP contribution in [0.3, 0.4) is 0 Å². The summed E-state index contributed by atoms with van der Waals surface area (Å²) in [5.41, 5.74) is 0. The molecule has 0 aliphatic heterocycles. The van der Waals surface area contributed by atoms with E-state index in [-0.39, 0.29) is 0 Å². The lowest BCUT2D eigenvalue weighted by Gasteiger charge is -1.97. The number of carbonyl (C=O) groups is 1. The molecule has 0 aromatic heterocycles. The number of allylic oxidation sites excluding steroid dienone is 1. The van der Waals surface area contributed by atoms with Crippen LogP contribution in [0.5, 0.6) is 0 Å². The molecule has 0 amide bonds.